The summed E-state index contributed by atoms with van der Waals surface area (Å²) < 4.78 is 24.5. The SMILES string of the molecule is CNC1(C#N)CCCC(N(C)CC(F)F)C1. The van der Waals surface area contributed by atoms with E-state index in [0.29, 0.717) is 6.42 Å². The van der Waals surface area contributed by atoms with Crippen LogP contribution in [0.25, 0.3) is 0 Å². The zero-order valence-corrected chi connectivity index (χ0v) is 9.84. The van der Waals surface area contributed by atoms with E-state index in [1.807, 2.05) is 0 Å². The molecule has 0 aliphatic heterocycles. The van der Waals surface area contributed by atoms with Crippen molar-refractivity contribution in [3.63, 3.8) is 0 Å². The minimum absolute atomic E-state index is 0.0786. The number of hydrogen-bond donors (Lipinski definition) is 1. The Morgan fingerprint density at radius 3 is 2.81 bits per heavy atom. The van der Waals surface area contributed by atoms with Gasteiger partial charge in [-0.1, -0.05) is 0 Å². The van der Waals surface area contributed by atoms with Crippen LogP contribution >= 0.6 is 0 Å². The van der Waals surface area contributed by atoms with Gasteiger partial charge in [-0.2, -0.15) is 5.26 Å². The van der Waals surface area contributed by atoms with Crippen LogP contribution in [0.3, 0.4) is 0 Å². The molecule has 0 aromatic heterocycles. The lowest BCUT2D eigenvalue weighted by Gasteiger charge is -2.39. The molecule has 1 N–H and O–H groups in total. The van der Waals surface area contributed by atoms with Crippen molar-refractivity contribution in [2.45, 2.75) is 43.7 Å². The number of alkyl halides is 2. The van der Waals surface area contributed by atoms with Gasteiger partial charge >= 0.3 is 0 Å². The lowest BCUT2D eigenvalue weighted by atomic mass is 9.79. The van der Waals surface area contributed by atoms with E-state index in [9.17, 15) is 8.78 Å². The van der Waals surface area contributed by atoms with Gasteiger partial charge in [0, 0.05) is 6.04 Å². The minimum Gasteiger partial charge on any atom is -0.302 e. The van der Waals surface area contributed by atoms with Crippen molar-refractivity contribution < 1.29 is 8.78 Å². The molecular formula is C11H19F2N3. The summed E-state index contributed by atoms with van der Waals surface area (Å²) in [7, 11) is 3.47. The molecule has 0 aromatic carbocycles. The Hall–Kier alpha value is -0.730. The van der Waals surface area contributed by atoms with Gasteiger partial charge in [-0.3, -0.25) is 4.90 Å². The van der Waals surface area contributed by atoms with Gasteiger partial charge in [0.1, 0.15) is 5.54 Å². The normalized spacial score (nSPS) is 30.7. The summed E-state index contributed by atoms with van der Waals surface area (Å²) in [5, 5.41) is 12.2. The Labute approximate surface area is 95.4 Å². The number of halogens is 2. The molecule has 2 unspecified atom stereocenters. The third kappa shape index (κ3) is 3.13. The zero-order chi connectivity index (χ0) is 12.2. The highest BCUT2D eigenvalue weighted by Gasteiger charge is 2.36. The summed E-state index contributed by atoms with van der Waals surface area (Å²) in [4.78, 5) is 1.67. The molecular weight excluding hydrogens is 212 g/mol. The first kappa shape index (κ1) is 13.3. The van der Waals surface area contributed by atoms with Crippen LogP contribution in [-0.4, -0.2) is 43.5 Å². The molecule has 0 heterocycles. The van der Waals surface area contributed by atoms with Crippen molar-refractivity contribution in [2.24, 2.45) is 0 Å². The van der Waals surface area contributed by atoms with E-state index >= 15 is 0 Å². The third-order valence-corrected chi connectivity index (χ3v) is 3.47. The van der Waals surface area contributed by atoms with Gasteiger partial charge in [0.2, 0.25) is 0 Å². The largest absolute Gasteiger partial charge is 0.302 e. The van der Waals surface area contributed by atoms with Gasteiger partial charge in [-0.05, 0) is 39.8 Å². The van der Waals surface area contributed by atoms with Crippen LogP contribution in [0, 0.1) is 11.3 Å². The standard InChI is InChI=1S/C11H19F2N3/c1-15-11(8-14)5-3-4-9(6-11)16(2)7-10(12)13/h9-10,15H,3-7H2,1-2H3. The summed E-state index contributed by atoms with van der Waals surface area (Å²) in [6, 6.07) is 2.36. The van der Waals surface area contributed by atoms with E-state index in [0.717, 1.165) is 19.3 Å². The van der Waals surface area contributed by atoms with Crippen molar-refractivity contribution in [2.75, 3.05) is 20.6 Å². The lowest BCUT2D eigenvalue weighted by molar-refractivity contribution is 0.0607. The highest BCUT2D eigenvalue weighted by molar-refractivity contribution is 5.10. The molecule has 1 saturated carbocycles. The topological polar surface area (TPSA) is 39.1 Å². The highest BCUT2D eigenvalue weighted by atomic mass is 19.3. The van der Waals surface area contributed by atoms with Crippen molar-refractivity contribution in [1.82, 2.24) is 10.2 Å². The lowest BCUT2D eigenvalue weighted by Crippen LogP contribution is -2.51. The first-order chi connectivity index (χ1) is 7.53. The molecule has 2 atom stereocenters. The average Bonchev–Trinajstić information content (AvgIpc) is 2.28. The first-order valence-corrected chi connectivity index (χ1v) is 5.61. The summed E-state index contributed by atoms with van der Waals surface area (Å²) in [6.07, 6.45) is 0.932. The fraction of sp³-hybridized carbons (Fsp3) is 0.909. The molecule has 92 valence electrons. The summed E-state index contributed by atoms with van der Waals surface area (Å²) in [6.45, 7) is -0.212. The summed E-state index contributed by atoms with van der Waals surface area (Å²) in [5.74, 6) is 0. The maximum absolute atomic E-state index is 12.3. The van der Waals surface area contributed by atoms with E-state index in [-0.39, 0.29) is 12.6 Å². The average molecular weight is 231 g/mol. The molecule has 16 heavy (non-hydrogen) atoms. The van der Waals surface area contributed by atoms with Crippen LogP contribution in [0.2, 0.25) is 0 Å². The van der Waals surface area contributed by atoms with E-state index < -0.39 is 12.0 Å². The van der Waals surface area contributed by atoms with E-state index in [1.165, 1.54) is 0 Å². The fourth-order valence-electron chi connectivity index (χ4n) is 2.37. The molecule has 0 saturated heterocycles. The van der Waals surface area contributed by atoms with Crippen LogP contribution in [0.1, 0.15) is 25.7 Å². The van der Waals surface area contributed by atoms with E-state index in [1.54, 1.807) is 19.0 Å². The van der Waals surface area contributed by atoms with E-state index in [4.69, 9.17) is 5.26 Å². The van der Waals surface area contributed by atoms with Crippen LogP contribution in [0.5, 0.6) is 0 Å². The Kier molecular flexibility index (Phi) is 4.63. The molecule has 1 aliphatic rings. The number of nitriles is 1. The molecule has 0 radical (unpaired) electrons. The predicted molar refractivity (Wildman–Crippen MR) is 58.3 cm³/mol. The Morgan fingerprint density at radius 1 is 1.62 bits per heavy atom. The van der Waals surface area contributed by atoms with Crippen molar-refractivity contribution in [1.29, 1.82) is 5.26 Å². The minimum atomic E-state index is -2.31. The Bertz CT molecular complexity index is 264. The smallest absolute Gasteiger partial charge is 0.251 e. The molecule has 0 aromatic rings. The highest BCUT2D eigenvalue weighted by Crippen LogP contribution is 2.30. The zero-order valence-electron chi connectivity index (χ0n) is 9.84. The maximum atomic E-state index is 12.3. The fourth-order valence-corrected chi connectivity index (χ4v) is 2.37. The Morgan fingerprint density at radius 2 is 2.31 bits per heavy atom. The monoisotopic (exact) mass is 231 g/mol. The second-order valence-electron chi connectivity index (χ2n) is 4.52. The number of rotatable bonds is 4. The summed E-state index contributed by atoms with van der Waals surface area (Å²) in [5.41, 5.74) is -0.528. The van der Waals surface area contributed by atoms with Crippen LogP contribution in [-0.2, 0) is 0 Å². The van der Waals surface area contributed by atoms with Crippen molar-refractivity contribution in [3.05, 3.63) is 0 Å². The maximum Gasteiger partial charge on any atom is 0.251 e. The molecule has 0 amide bonds. The van der Waals surface area contributed by atoms with Gasteiger partial charge in [-0.15, -0.1) is 0 Å². The molecule has 1 aliphatic carbocycles. The van der Waals surface area contributed by atoms with Crippen LogP contribution in [0.15, 0.2) is 0 Å². The molecule has 3 nitrogen and oxygen atoms in total. The van der Waals surface area contributed by atoms with E-state index in [2.05, 4.69) is 11.4 Å². The number of nitrogens with one attached hydrogen (secondary N) is 1. The van der Waals surface area contributed by atoms with Crippen LogP contribution < -0.4 is 5.32 Å². The predicted octanol–water partition coefficient (Wildman–Crippen LogP) is 1.61. The van der Waals surface area contributed by atoms with Crippen LogP contribution in [0.4, 0.5) is 8.78 Å². The molecule has 1 fully saturated rings. The quantitative estimate of drug-likeness (QED) is 0.799. The van der Waals surface area contributed by atoms with Crippen molar-refractivity contribution >= 4 is 0 Å². The molecule has 0 spiro atoms. The second-order valence-corrected chi connectivity index (χ2v) is 4.52. The van der Waals surface area contributed by atoms with Gasteiger partial charge in [-0.25, -0.2) is 8.78 Å². The third-order valence-electron chi connectivity index (χ3n) is 3.47. The van der Waals surface area contributed by atoms with Gasteiger partial charge in [0.25, 0.3) is 6.43 Å². The number of hydrogen-bond acceptors (Lipinski definition) is 3. The molecule has 0 bridgehead atoms. The van der Waals surface area contributed by atoms with Gasteiger partial charge in [0.05, 0.1) is 12.6 Å². The van der Waals surface area contributed by atoms with Gasteiger partial charge < -0.3 is 5.32 Å². The first-order valence-electron chi connectivity index (χ1n) is 5.61. The van der Waals surface area contributed by atoms with Gasteiger partial charge in [0.15, 0.2) is 0 Å². The molecule has 1 rings (SSSR count). The van der Waals surface area contributed by atoms with Crippen molar-refractivity contribution in [3.8, 4) is 6.07 Å². The second kappa shape index (κ2) is 5.55. The Balaban J connectivity index is 2.60. The molecule has 5 heteroatoms. The summed E-state index contributed by atoms with van der Waals surface area (Å²) >= 11 is 0. The number of nitrogens with zero attached hydrogens (tertiary/aromatic N) is 2.